The number of piperidine rings is 1. The second kappa shape index (κ2) is 8.18. The number of benzene rings is 1. The molecule has 1 saturated heterocycles. The molecule has 5 heterocycles. The first-order valence-corrected chi connectivity index (χ1v) is 11.7. The molecule has 1 unspecified atom stereocenters. The van der Waals surface area contributed by atoms with E-state index in [4.69, 9.17) is 15.1 Å². The van der Waals surface area contributed by atoms with Crippen LogP contribution in [0.15, 0.2) is 71.7 Å². The summed E-state index contributed by atoms with van der Waals surface area (Å²) in [5.74, 6) is 0.0222. The predicted octanol–water partition coefficient (Wildman–Crippen LogP) is 4.47. The van der Waals surface area contributed by atoms with E-state index in [1.54, 1.807) is 12.5 Å². The van der Waals surface area contributed by atoms with Crippen molar-refractivity contribution in [1.82, 2.24) is 18.9 Å². The fourth-order valence-electron chi connectivity index (χ4n) is 5.06. The van der Waals surface area contributed by atoms with Gasteiger partial charge in [0.25, 0.3) is 5.91 Å². The number of fused-ring (bicyclic) bond motifs is 2. The number of carbonyl (C=O) groups is 1. The number of rotatable bonds is 4. The van der Waals surface area contributed by atoms with Crippen LogP contribution >= 0.6 is 0 Å². The Kier molecular flexibility index (Phi) is 4.99. The van der Waals surface area contributed by atoms with Gasteiger partial charge in [-0.05, 0) is 50.1 Å². The Morgan fingerprint density at radius 2 is 2.09 bits per heavy atom. The number of furan rings is 1. The average molecular weight is 454 g/mol. The maximum absolute atomic E-state index is 13.1. The number of likely N-dealkylation sites (tertiary alicyclic amines) is 1. The first-order valence-electron chi connectivity index (χ1n) is 11.7. The normalized spacial score (nSPS) is 16.5. The molecular formula is C27H27N5O2. The van der Waals surface area contributed by atoms with E-state index in [0.717, 1.165) is 58.6 Å². The predicted molar refractivity (Wildman–Crippen MR) is 132 cm³/mol. The Labute approximate surface area is 197 Å². The van der Waals surface area contributed by atoms with Gasteiger partial charge in [0.2, 0.25) is 0 Å². The number of carbonyl (C=O) groups excluding carboxylic acids is 1. The third-order valence-corrected chi connectivity index (χ3v) is 6.83. The molecule has 2 N–H and O–H groups in total. The van der Waals surface area contributed by atoms with Gasteiger partial charge in [0.05, 0.1) is 24.8 Å². The molecule has 0 aliphatic carbocycles. The molecule has 1 amide bonds. The molecule has 5 aromatic rings. The van der Waals surface area contributed by atoms with Gasteiger partial charge in [0.15, 0.2) is 0 Å². The molecule has 1 aromatic carbocycles. The van der Waals surface area contributed by atoms with Crippen molar-refractivity contribution < 1.29 is 9.21 Å². The summed E-state index contributed by atoms with van der Waals surface area (Å²) >= 11 is 0. The van der Waals surface area contributed by atoms with Crippen LogP contribution < -0.4 is 5.73 Å². The van der Waals surface area contributed by atoms with Gasteiger partial charge in [-0.1, -0.05) is 18.2 Å². The van der Waals surface area contributed by atoms with Crippen molar-refractivity contribution >= 4 is 22.5 Å². The quantitative estimate of drug-likeness (QED) is 0.435. The molecule has 34 heavy (non-hydrogen) atoms. The minimum atomic E-state index is 0.0222. The molecule has 7 heteroatoms. The summed E-state index contributed by atoms with van der Waals surface area (Å²) in [4.78, 5) is 20.0. The van der Waals surface area contributed by atoms with Crippen LogP contribution in [0.1, 0.15) is 34.5 Å². The Morgan fingerprint density at radius 1 is 1.21 bits per heavy atom. The Balaban J connectivity index is 1.43. The number of aromatic nitrogens is 3. The molecule has 1 atom stereocenters. The third-order valence-electron chi connectivity index (χ3n) is 6.83. The molecule has 1 fully saturated rings. The number of aryl methyl sites for hydroxylation is 1. The Hall–Kier alpha value is -3.84. The number of hydrogen-bond donors (Lipinski definition) is 1. The van der Waals surface area contributed by atoms with Crippen LogP contribution in [0.5, 0.6) is 0 Å². The monoisotopic (exact) mass is 453 g/mol. The lowest BCUT2D eigenvalue weighted by atomic mass is 10.1. The van der Waals surface area contributed by atoms with Crippen LogP contribution in [0.25, 0.3) is 27.9 Å². The van der Waals surface area contributed by atoms with Gasteiger partial charge >= 0.3 is 0 Å². The van der Waals surface area contributed by atoms with Gasteiger partial charge in [-0.3, -0.25) is 4.79 Å². The zero-order valence-corrected chi connectivity index (χ0v) is 19.1. The first kappa shape index (κ1) is 20.7. The lowest BCUT2D eigenvalue weighted by Crippen LogP contribution is -2.45. The minimum absolute atomic E-state index is 0.0222. The zero-order chi connectivity index (χ0) is 23.2. The summed E-state index contributed by atoms with van der Waals surface area (Å²) in [5, 5.41) is 1.16. The van der Waals surface area contributed by atoms with Gasteiger partial charge in [-0.25, -0.2) is 4.98 Å². The molecule has 1 aliphatic rings. The van der Waals surface area contributed by atoms with E-state index in [-0.39, 0.29) is 11.9 Å². The van der Waals surface area contributed by atoms with Crippen molar-refractivity contribution in [2.75, 3.05) is 13.1 Å². The number of amides is 1. The number of nitrogens with zero attached hydrogens (tertiary/aromatic N) is 4. The molecule has 1 aliphatic heterocycles. The van der Waals surface area contributed by atoms with Crippen LogP contribution in [-0.4, -0.2) is 43.9 Å². The van der Waals surface area contributed by atoms with Gasteiger partial charge in [0, 0.05) is 53.1 Å². The van der Waals surface area contributed by atoms with Crippen molar-refractivity contribution in [2.24, 2.45) is 5.73 Å². The molecule has 0 radical (unpaired) electrons. The number of para-hydroxylation sites is 1. The zero-order valence-electron chi connectivity index (χ0n) is 19.1. The van der Waals surface area contributed by atoms with E-state index >= 15 is 0 Å². The second-order valence-electron chi connectivity index (χ2n) is 9.15. The van der Waals surface area contributed by atoms with Crippen molar-refractivity contribution in [3.05, 3.63) is 84.1 Å². The summed E-state index contributed by atoms with van der Waals surface area (Å²) < 4.78 is 9.63. The van der Waals surface area contributed by atoms with Crippen LogP contribution in [0.3, 0.4) is 0 Å². The van der Waals surface area contributed by atoms with E-state index in [1.165, 1.54) is 0 Å². The third kappa shape index (κ3) is 3.49. The Morgan fingerprint density at radius 3 is 2.91 bits per heavy atom. The van der Waals surface area contributed by atoms with Gasteiger partial charge < -0.3 is 24.0 Å². The lowest BCUT2D eigenvalue weighted by Gasteiger charge is -2.30. The maximum atomic E-state index is 13.1. The van der Waals surface area contributed by atoms with E-state index in [1.807, 2.05) is 33.7 Å². The highest BCUT2D eigenvalue weighted by Gasteiger charge is 2.24. The van der Waals surface area contributed by atoms with Crippen LogP contribution in [0.2, 0.25) is 0 Å². The summed E-state index contributed by atoms with van der Waals surface area (Å²) in [5.41, 5.74) is 12.7. The highest BCUT2D eigenvalue weighted by molar-refractivity contribution is 5.95. The van der Waals surface area contributed by atoms with Crippen LogP contribution in [-0.2, 0) is 6.54 Å². The van der Waals surface area contributed by atoms with E-state index in [9.17, 15) is 4.79 Å². The van der Waals surface area contributed by atoms with E-state index in [0.29, 0.717) is 18.7 Å². The largest absolute Gasteiger partial charge is 0.472 e. The van der Waals surface area contributed by atoms with Crippen molar-refractivity contribution in [3.8, 4) is 11.4 Å². The number of nitrogens with two attached hydrogens (primary N) is 1. The highest BCUT2D eigenvalue weighted by Crippen LogP contribution is 2.31. The standard InChI is InChI=1S/C27H27N5O2/c1-18-26(24-13-20-5-2-3-7-23(20)32(24)15-19-9-12-34-17-19)29-25-14-21(8-11-31(18)25)27(33)30-10-4-6-22(28)16-30/h2-3,5,7-9,11-14,17,22H,4,6,10,15-16,28H2,1H3. The Bertz CT molecular complexity index is 1490. The number of pyridine rings is 1. The molecule has 4 aromatic heterocycles. The fourth-order valence-corrected chi connectivity index (χ4v) is 5.06. The van der Waals surface area contributed by atoms with Gasteiger partial charge in [0.1, 0.15) is 11.3 Å². The van der Waals surface area contributed by atoms with E-state index < -0.39 is 0 Å². The molecule has 0 spiro atoms. The maximum Gasteiger partial charge on any atom is 0.254 e. The second-order valence-corrected chi connectivity index (χ2v) is 9.15. The van der Waals surface area contributed by atoms with Gasteiger partial charge in [-0.2, -0.15) is 0 Å². The van der Waals surface area contributed by atoms with Gasteiger partial charge in [-0.15, -0.1) is 0 Å². The average Bonchev–Trinajstić information content (AvgIpc) is 3.57. The first-order chi connectivity index (χ1) is 16.6. The lowest BCUT2D eigenvalue weighted by molar-refractivity contribution is 0.0709. The summed E-state index contributed by atoms with van der Waals surface area (Å²) in [6, 6.07) is 16.4. The van der Waals surface area contributed by atoms with Crippen LogP contribution in [0, 0.1) is 6.92 Å². The molecule has 0 bridgehead atoms. The molecular weight excluding hydrogens is 426 g/mol. The summed E-state index contributed by atoms with van der Waals surface area (Å²) in [7, 11) is 0. The molecule has 6 rings (SSSR count). The molecule has 7 nitrogen and oxygen atoms in total. The van der Waals surface area contributed by atoms with Crippen LogP contribution in [0.4, 0.5) is 0 Å². The highest BCUT2D eigenvalue weighted by atomic mass is 16.3. The van der Waals surface area contributed by atoms with E-state index in [2.05, 4.69) is 41.8 Å². The number of imidazole rings is 1. The summed E-state index contributed by atoms with van der Waals surface area (Å²) in [6.45, 7) is 4.12. The topological polar surface area (TPSA) is 81.7 Å². The number of hydrogen-bond acceptors (Lipinski definition) is 4. The summed E-state index contributed by atoms with van der Waals surface area (Å²) in [6.07, 6.45) is 7.34. The van der Waals surface area contributed by atoms with Crippen molar-refractivity contribution in [1.29, 1.82) is 0 Å². The SMILES string of the molecule is Cc1c(-c2cc3ccccc3n2Cc2ccoc2)nc2cc(C(=O)N3CCCC(N)C3)ccn12. The fraction of sp³-hybridized carbons (Fsp3) is 0.259. The molecule has 172 valence electrons. The van der Waals surface area contributed by atoms with Crippen molar-refractivity contribution in [2.45, 2.75) is 32.4 Å². The van der Waals surface area contributed by atoms with Crippen molar-refractivity contribution in [3.63, 3.8) is 0 Å². The minimum Gasteiger partial charge on any atom is -0.472 e. The smallest absolute Gasteiger partial charge is 0.254 e. The molecule has 0 saturated carbocycles.